The van der Waals surface area contributed by atoms with Crippen LogP contribution in [-0.2, 0) is 0 Å². The summed E-state index contributed by atoms with van der Waals surface area (Å²) in [6.45, 7) is 1.87. The summed E-state index contributed by atoms with van der Waals surface area (Å²) in [6.07, 6.45) is 1.53. The van der Waals surface area contributed by atoms with E-state index in [0.29, 0.717) is 5.69 Å². The highest BCUT2D eigenvalue weighted by molar-refractivity contribution is 9.10. The zero-order chi connectivity index (χ0) is 14.7. The predicted octanol–water partition coefficient (Wildman–Crippen LogP) is 3.12. The maximum absolute atomic E-state index is 12.1. The van der Waals surface area contributed by atoms with Crippen molar-refractivity contribution in [2.75, 3.05) is 12.4 Å². The molecule has 0 bridgehead atoms. The SMILES string of the molecule is COc1cccc(C(=O)Nc2cnc(Br)c(C)c2)c1O. The van der Waals surface area contributed by atoms with Crippen molar-refractivity contribution in [3.63, 3.8) is 0 Å². The fourth-order valence-corrected chi connectivity index (χ4v) is 1.91. The van der Waals surface area contributed by atoms with E-state index in [1.807, 2.05) is 6.92 Å². The van der Waals surface area contributed by atoms with Gasteiger partial charge in [-0.3, -0.25) is 4.79 Å². The Labute approximate surface area is 124 Å². The van der Waals surface area contributed by atoms with Gasteiger partial charge in [0.05, 0.1) is 24.6 Å². The minimum atomic E-state index is -0.426. The molecular weight excluding hydrogens is 324 g/mol. The van der Waals surface area contributed by atoms with Crippen LogP contribution in [0.15, 0.2) is 35.1 Å². The largest absolute Gasteiger partial charge is 0.504 e. The Morgan fingerprint density at radius 3 is 2.85 bits per heavy atom. The number of rotatable bonds is 3. The van der Waals surface area contributed by atoms with Gasteiger partial charge in [-0.25, -0.2) is 4.98 Å². The van der Waals surface area contributed by atoms with E-state index in [-0.39, 0.29) is 17.1 Å². The van der Waals surface area contributed by atoms with Crippen LogP contribution in [0.2, 0.25) is 0 Å². The molecule has 1 heterocycles. The van der Waals surface area contributed by atoms with Gasteiger partial charge in [0.2, 0.25) is 0 Å². The van der Waals surface area contributed by atoms with Crippen molar-refractivity contribution >= 4 is 27.5 Å². The summed E-state index contributed by atoms with van der Waals surface area (Å²) in [5.41, 5.74) is 1.60. The van der Waals surface area contributed by atoms with Crippen LogP contribution in [0, 0.1) is 6.92 Å². The van der Waals surface area contributed by atoms with Gasteiger partial charge in [0, 0.05) is 0 Å². The van der Waals surface area contributed by atoms with Gasteiger partial charge >= 0.3 is 0 Å². The highest BCUT2D eigenvalue weighted by Gasteiger charge is 2.15. The van der Waals surface area contributed by atoms with Gasteiger partial charge in [0.1, 0.15) is 4.60 Å². The number of carbonyl (C=O) groups is 1. The van der Waals surface area contributed by atoms with Crippen LogP contribution in [0.25, 0.3) is 0 Å². The molecule has 0 aliphatic heterocycles. The van der Waals surface area contributed by atoms with Gasteiger partial charge in [-0.2, -0.15) is 0 Å². The maximum atomic E-state index is 12.1. The first kappa shape index (κ1) is 14.3. The molecule has 104 valence electrons. The van der Waals surface area contributed by atoms with Crippen LogP contribution in [0.5, 0.6) is 11.5 Å². The van der Waals surface area contributed by atoms with E-state index < -0.39 is 5.91 Å². The number of benzene rings is 1. The molecule has 0 radical (unpaired) electrons. The fraction of sp³-hybridized carbons (Fsp3) is 0.143. The van der Waals surface area contributed by atoms with Gasteiger partial charge in [0.25, 0.3) is 5.91 Å². The Hall–Kier alpha value is -2.08. The van der Waals surface area contributed by atoms with Crippen LogP contribution in [0.1, 0.15) is 15.9 Å². The first-order valence-corrected chi connectivity index (χ1v) is 6.61. The molecule has 1 amide bonds. The average molecular weight is 337 g/mol. The zero-order valence-corrected chi connectivity index (χ0v) is 12.6. The summed E-state index contributed by atoms with van der Waals surface area (Å²) in [7, 11) is 1.43. The smallest absolute Gasteiger partial charge is 0.259 e. The Bertz CT molecular complexity index is 659. The quantitative estimate of drug-likeness (QED) is 0.844. The van der Waals surface area contributed by atoms with Crippen molar-refractivity contribution < 1.29 is 14.6 Å². The number of nitrogens with zero attached hydrogens (tertiary/aromatic N) is 1. The van der Waals surface area contributed by atoms with E-state index in [1.54, 1.807) is 18.2 Å². The molecule has 0 spiro atoms. The summed E-state index contributed by atoms with van der Waals surface area (Å²) in [6, 6.07) is 6.52. The van der Waals surface area contributed by atoms with E-state index in [1.165, 1.54) is 19.4 Å². The second-order valence-corrected chi connectivity index (χ2v) is 4.89. The number of methoxy groups -OCH3 is 1. The molecule has 1 aromatic heterocycles. The molecular formula is C14H13BrN2O3. The lowest BCUT2D eigenvalue weighted by molar-refractivity contribution is 0.102. The number of anilines is 1. The third-order valence-corrected chi connectivity index (χ3v) is 3.57. The second-order valence-electron chi connectivity index (χ2n) is 4.14. The fourth-order valence-electron chi connectivity index (χ4n) is 1.70. The minimum Gasteiger partial charge on any atom is -0.504 e. The molecule has 2 aromatic rings. The predicted molar refractivity (Wildman–Crippen MR) is 79.3 cm³/mol. The molecule has 2 rings (SSSR count). The van der Waals surface area contributed by atoms with E-state index >= 15 is 0 Å². The van der Waals surface area contributed by atoms with E-state index in [9.17, 15) is 9.90 Å². The molecule has 0 aliphatic rings. The molecule has 0 fully saturated rings. The van der Waals surface area contributed by atoms with E-state index in [4.69, 9.17) is 4.74 Å². The average Bonchev–Trinajstić information content (AvgIpc) is 2.43. The Morgan fingerprint density at radius 2 is 2.20 bits per heavy atom. The number of aromatic nitrogens is 1. The number of carbonyl (C=O) groups excluding carboxylic acids is 1. The van der Waals surface area contributed by atoms with Crippen molar-refractivity contribution in [3.8, 4) is 11.5 Å². The molecule has 20 heavy (non-hydrogen) atoms. The highest BCUT2D eigenvalue weighted by atomic mass is 79.9. The molecule has 2 N–H and O–H groups in total. The first-order valence-electron chi connectivity index (χ1n) is 5.82. The lowest BCUT2D eigenvalue weighted by Crippen LogP contribution is -2.12. The van der Waals surface area contributed by atoms with Gasteiger partial charge in [-0.15, -0.1) is 0 Å². The number of amides is 1. The first-order chi connectivity index (χ1) is 9.52. The van der Waals surface area contributed by atoms with Gasteiger partial charge in [0.15, 0.2) is 11.5 Å². The molecule has 0 saturated heterocycles. The summed E-state index contributed by atoms with van der Waals surface area (Å²) < 4.78 is 5.69. The molecule has 0 atom stereocenters. The lowest BCUT2D eigenvalue weighted by atomic mass is 10.1. The Balaban J connectivity index is 2.26. The van der Waals surface area contributed by atoms with E-state index in [0.717, 1.165) is 10.2 Å². The maximum Gasteiger partial charge on any atom is 0.259 e. The number of aryl methyl sites for hydroxylation is 1. The number of pyridine rings is 1. The molecule has 0 saturated carbocycles. The summed E-state index contributed by atoms with van der Waals surface area (Å²) in [5, 5.41) is 12.6. The number of phenolic OH excluding ortho intramolecular Hbond substituents is 1. The monoisotopic (exact) mass is 336 g/mol. The van der Waals surface area contributed by atoms with Gasteiger partial charge in [-0.05, 0) is 46.6 Å². The third kappa shape index (κ3) is 2.91. The molecule has 5 nitrogen and oxygen atoms in total. The number of aromatic hydroxyl groups is 1. The summed E-state index contributed by atoms with van der Waals surface area (Å²) in [4.78, 5) is 16.2. The number of hydrogen-bond acceptors (Lipinski definition) is 4. The number of halogens is 1. The lowest BCUT2D eigenvalue weighted by Gasteiger charge is -2.10. The molecule has 0 unspecified atom stereocenters. The normalized spacial score (nSPS) is 10.2. The highest BCUT2D eigenvalue weighted by Crippen LogP contribution is 2.30. The standard InChI is InChI=1S/C14H13BrN2O3/c1-8-6-9(7-16-13(8)15)17-14(19)10-4-3-5-11(20-2)12(10)18/h3-7,18H,1-2H3,(H,17,19). The van der Waals surface area contributed by atoms with Crippen molar-refractivity contribution in [2.24, 2.45) is 0 Å². The van der Waals surface area contributed by atoms with Crippen LogP contribution < -0.4 is 10.1 Å². The molecule has 0 aliphatic carbocycles. The molecule has 6 heteroatoms. The van der Waals surface area contributed by atoms with E-state index in [2.05, 4.69) is 26.2 Å². The van der Waals surface area contributed by atoms with Crippen LogP contribution in [-0.4, -0.2) is 23.1 Å². The number of phenols is 1. The van der Waals surface area contributed by atoms with Crippen molar-refractivity contribution in [1.82, 2.24) is 4.98 Å². The number of hydrogen-bond donors (Lipinski definition) is 2. The Morgan fingerprint density at radius 1 is 1.45 bits per heavy atom. The zero-order valence-electron chi connectivity index (χ0n) is 11.0. The van der Waals surface area contributed by atoms with Crippen molar-refractivity contribution in [2.45, 2.75) is 6.92 Å². The summed E-state index contributed by atoms with van der Waals surface area (Å²) in [5.74, 6) is -0.359. The number of para-hydroxylation sites is 1. The Kier molecular flexibility index (Phi) is 4.24. The summed E-state index contributed by atoms with van der Waals surface area (Å²) >= 11 is 3.29. The minimum absolute atomic E-state index is 0.143. The third-order valence-electron chi connectivity index (χ3n) is 2.74. The van der Waals surface area contributed by atoms with Gasteiger partial charge in [-0.1, -0.05) is 6.07 Å². The van der Waals surface area contributed by atoms with Crippen molar-refractivity contribution in [1.29, 1.82) is 0 Å². The van der Waals surface area contributed by atoms with Crippen molar-refractivity contribution in [3.05, 3.63) is 46.2 Å². The number of ether oxygens (including phenoxy) is 1. The topological polar surface area (TPSA) is 71.5 Å². The van der Waals surface area contributed by atoms with Crippen LogP contribution in [0.4, 0.5) is 5.69 Å². The number of nitrogens with one attached hydrogen (secondary N) is 1. The van der Waals surface area contributed by atoms with Gasteiger partial charge < -0.3 is 15.2 Å². The molecule has 1 aromatic carbocycles. The van der Waals surface area contributed by atoms with Crippen LogP contribution >= 0.6 is 15.9 Å². The van der Waals surface area contributed by atoms with Crippen LogP contribution in [0.3, 0.4) is 0 Å². The second kappa shape index (κ2) is 5.92.